The van der Waals surface area contributed by atoms with Gasteiger partial charge in [0.15, 0.2) is 0 Å². The molecule has 0 aromatic carbocycles. The average Bonchev–Trinajstić information content (AvgIpc) is 2.61. The molecule has 9 nitrogen and oxygen atoms in total. The van der Waals surface area contributed by atoms with E-state index in [1.807, 2.05) is 20.8 Å². The molecular weight excluding hydrogens is 340 g/mol. The largest absolute Gasteiger partial charge is 0.480 e. The Hall–Kier alpha value is -2.16. The van der Waals surface area contributed by atoms with Crippen molar-refractivity contribution >= 4 is 23.7 Å². The summed E-state index contributed by atoms with van der Waals surface area (Å²) in [4.78, 5) is 47.2. The summed E-state index contributed by atoms with van der Waals surface area (Å²) in [5.74, 6) is -2.96. The zero-order valence-corrected chi connectivity index (χ0v) is 16.2. The molecule has 0 aromatic heterocycles. The lowest BCUT2D eigenvalue weighted by molar-refractivity contribution is -0.139. The Labute approximate surface area is 154 Å². The van der Waals surface area contributed by atoms with E-state index in [0.29, 0.717) is 6.42 Å². The van der Waals surface area contributed by atoms with Gasteiger partial charge in [0.1, 0.15) is 18.6 Å². The fourth-order valence-electron chi connectivity index (χ4n) is 2.14. The van der Waals surface area contributed by atoms with Crippen molar-refractivity contribution in [3.63, 3.8) is 0 Å². The molecule has 0 aliphatic carbocycles. The third kappa shape index (κ3) is 7.81. The SMILES string of the molecule is CCC(C)C(N)C(=O)NC(C)C(=O)NC(C(=O)NCC(=O)O)C(C)CC. The molecule has 6 N–H and O–H groups in total. The van der Waals surface area contributed by atoms with Gasteiger partial charge in [0.25, 0.3) is 0 Å². The number of nitrogens with two attached hydrogens (primary N) is 1. The number of carbonyl (C=O) groups excluding carboxylic acids is 3. The van der Waals surface area contributed by atoms with Crippen LogP contribution in [0.3, 0.4) is 0 Å². The van der Waals surface area contributed by atoms with E-state index in [9.17, 15) is 19.2 Å². The van der Waals surface area contributed by atoms with Gasteiger partial charge in [0, 0.05) is 0 Å². The van der Waals surface area contributed by atoms with E-state index in [0.717, 1.165) is 6.42 Å². The van der Waals surface area contributed by atoms with Crippen molar-refractivity contribution < 1.29 is 24.3 Å². The van der Waals surface area contributed by atoms with Crippen LogP contribution in [0.2, 0.25) is 0 Å². The number of rotatable bonds is 11. The van der Waals surface area contributed by atoms with Gasteiger partial charge in [-0.25, -0.2) is 0 Å². The van der Waals surface area contributed by atoms with Crippen LogP contribution in [0.5, 0.6) is 0 Å². The van der Waals surface area contributed by atoms with Crippen LogP contribution in [0, 0.1) is 11.8 Å². The number of carbonyl (C=O) groups is 4. The Morgan fingerprint density at radius 3 is 1.88 bits per heavy atom. The number of amides is 3. The summed E-state index contributed by atoms with van der Waals surface area (Å²) in [5, 5.41) is 16.1. The maximum absolute atomic E-state index is 12.4. The number of aliphatic carboxylic acids is 1. The fraction of sp³-hybridized carbons (Fsp3) is 0.765. The Bertz CT molecular complexity index is 511. The van der Waals surface area contributed by atoms with Crippen molar-refractivity contribution in [3.8, 4) is 0 Å². The Balaban J connectivity index is 4.89. The van der Waals surface area contributed by atoms with Gasteiger partial charge in [0.2, 0.25) is 17.7 Å². The van der Waals surface area contributed by atoms with Gasteiger partial charge in [-0.3, -0.25) is 19.2 Å². The highest BCUT2D eigenvalue weighted by molar-refractivity contribution is 5.93. The van der Waals surface area contributed by atoms with Crippen LogP contribution < -0.4 is 21.7 Å². The van der Waals surface area contributed by atoms with Gasteiger partial charge in [-0.05, 0) is 18.8 Å². The van der Waals surface area contributed by atoms with Gasteiger partial charge < -0.3 is 26.8 Å². The van der Waals surface area contributed by atoms with Gasteiger partial charge >= 0.3 is 5.97 Å². The van der Waals surface area contributed by atoms with Crippen LogP contribution in [0.25, 0.3) is 0 Å². The highest BCUT2D eigenvalue weighted by Crippen LogP contribution is 2.09. The molecule has 0 fully saturated rings. The van der Waals surface area contributed by atoms with E-state index < -0.39 is 48.4 Å². The van der Waals surface area contributed by atoms with Crippen molar-refractivity contribution in [1.82, 2.24) is 16.0 Å². The molecule has 0 bridgehead atoms. The minimum absolute atomic E-state index is 0.0279. The van der Waals surface area contributed by atoms with Gasteiger partial charge in [-0.1, -0.05) is 40.5 Å². The topological polar surface area (TPSA) is 151 Å². The summed E-state index contributed by atoms with van der Waals surface area (Å²) in [6, 6.07) is -2.50. The monoisotopic (exact) mass is 372 g/mol. The summed E-state index contributed by atoms with van der Waals surface area (Å²) in [5.41, 5.74) is 5.84. The first-order valence-electron chi connectivity index (χ1n) is 8.90. The smallest absolute Gasteiger partial charge is 0.322 e. The third-order valence-electron chi connectivity index (χ3n) is 4.52. The molecule has 0 spiro atoms. The molecule has 0 aliphatic rings. The summed E-state index contributed by atoms with van der Waals surface area (Å²) in [6.07, 6.45) is 1.33. The van der Waals surface area contributed by atoms with Crippen LogP contribution >= 0.6 is 0 Å². The molecule has 9 heteroatoms. The molecular formula is C17H32N4O5. The van der Waals surface area contributed by atoms with E-state index in [-0.39, 0.29) is 11.8 Å². The Morgan fingerprint density at radius 1 is 0.885 bits per heavy atom. The minimum Gasteiger partial charge on any atom is -0.480 e. The van der Waals surface area contributed by atoms with Crippen molar-refractivity contribution in [1.29, 1.82) is 0 Å². The number of nitrogens with one attached hydrogen (secondary N) is 3. The zero-order valence-electron chi connectivity index (χ0n) is 16.2. The third-order valence-corrected chi connectivity index (χ3v) is 4.52. The number of hydrogen-bond donors (Lipinski definition) is 5. The maximum Gasteiger partial charge on any atom is 0.322 e. The second kappa shape index (κ2) is 11.5. The lowest BCUT2D eigenvalue weighted by atomic mass is 9.97. The lowest BCUT2D eigenvalue weighted by Gasteiger charge is -2.26. The quantitative estimate of drug-likeness (QED) is 0.333. The molecule has 0 radical (unpaired) electrons. The second-order valence-corrected chi connectivity index (χ2v) is 6.62. The zero-order chi connectivity index (χ0) is 20.4. The summed E-state index contributed by atoms with van der Waals surface area (Å²) >= 11 is 0. The first-order valence-corrected chi connectivity index (χ1v) is 8.90. The number of carboxylic acid groups (broad SMARTS) is 1. The highest BCUT2D eigenvalue weighted by Gasteiger charge is 2.29. The summed E-state index contributed by atoms with van der Waals surface area (Å²) in [6.45, 7) is 8.36. The van der Waals surface area contributed by atoms with E-state index in [1.54, 1.807) is 6.92 Å². The Morgan fingerprint density at radius 2 is 1.42 bits per heavy atom. The van der Waals surface area contributed by atoms with Gasteiger partial charge in [-0.2, -0.15) is 0 Å². The van der Waals surface area contributed by atoms with E-state index >= 15 is 0 Å². The molecule has 26 heavy (non-hydrogen) atoms. The lowest BCUT2D eigenvalue weighted by Crippen LogP contribution is -2.57. The van der Waals surface area contributed by atoms with E-state index in [4.69, 9.17) is 10.8 Å². The number of carboxylic acids is 1. The Kier molecular flexibility index (Phi) is 10.5. The van der Waals surface area contributed by atoms with Crippen molar-refractivity contribution in [2.24, 2.45) is 17.6 Å². The standard InChI is InChI=1S/C17H32N4O5/c1-6-9(3)13(18)16(25)20-11(5)15(24)21-14(10(4)7-2)17(26)19-8-12(22)23/h9-11,13-14H,6-8,18H2,1-5H3,(H,19,26)(H,20,25)(H,21,24)(H,22,23). The maximum atomic E-state index is 12.4. The molecule has 5 atom stereocenters. The molecule has 0 rings (SSSR count). The minimum atomic E-state index is -1.17. The summed E-state index contributed by atoms with van der Waals surface area (Å²) in [7, 11) is 0. The molecule has 3 amide bonds. The van der Waals surface area contributed by atoms with E-state index in [2.05, 4.69) is 16.0 Å². The average molecular weight is 372 g/mol. The molecule has 0 aromatic rings. The molecule has 150 valence electrons. The predicted octanol–water partition coefficient (Wildman–Crippen LogP) is -0.404. The van der Waals surface area contributed by atoms with Crippen molar-refractivity contribution in [2.45, 2.75) is 65.6 Å². The van der Waals surface area contributed by atoms with Crippen LogP contribution in [-0.4, -0.2) is 53.5 Å². The predicted molar refractivity (Wildman–Crippen MR) is 97.1 cm³/mol. The van der Waals surface area contributed by atoms with Crippen LogP contribution in [-0.2, 0) is 19.2 Å². The normalized spacial score (nSPS) is 16.5. The summed E-state index contributed by atoms with van der Waals surface area (Å²) < 4.78 is 0. The van der Waals surface area contributed by atoms with E-state index in [1.165, 1.54) is 6.92 Å². The first-order chi connectivity index (χ1) is 12.0. The van der Waals surface area contributed by atoms with Gasteiger partial charge in [-0.15, -0.1) is 0 Å². The van der Waals surface area contributed by atoms with Crippen LogP contribution in [0.1, 0.15) is 47.5 Å². The van der Waals surface area contributed by atoms with Crippen LogP contribution in [0.15, 0.2) is 0 Å². The first kappa shape index (κ1) is 23.8. The highest BCUT2D eigenvalue weighted by atomic mass is 16.4. The number of hydrogen-bond acceptors (Lipinski definition) is 5. The molecule has 0 saturated carbocycles. The molecule has 0 heterocycles. The van der Waals surface area contributed by atoms with Crippen LogP contribution in [0.4, 0.5) is 0 Å². The fourth-order valence-corrected chi connectivity index (χ4v) is 2.14. The van der Waals surface area contributed by atoms with Crippen molar-refractivity contribution in [2.75, 3.05) is 6.54 Å². The molecule has 0 saturated heterocycles. The molecule has 5 unspecified atom stereocenters. The second-order valence-electron chi connectivity index (χ2n) is 6.62. The van der Waals surface area contributed by atoms with Crippen molar-refractivity contribution in [3.05, 3.63) is 0 Å². The van der Waals surface area contributed by atoms with Gasteiger partial charge in [0.05, 0.1) is 6.04 Å². The molecule has 0 aliphatic heterocycles.